The van der Waals surface area contributed by atoms with E-state index in [0.29, 0.717) is 0 Å². The lowest BCUT2D eigenvalue weighted by Gasteiger charge is -2.16. The van der Waals surface area contributed by atoms with Crippen LogP contribution in [-0.2, 0) is 19.0 Å². The zero-order chi connectivity index (χ0) is 14.8. The molecule has 0 radical (unpaired) electrons. The van der Waals surface area contributed by atoms with Crippen molar-refractivity contribution in [1.82, 2.24) is 0 Å². The highest BCUT2D eigenvalue weighted by atomic mass is 16.7. The molecule has 0 bridgehead atoms. The van der Waals surface area contributed by atoms with Crippen LogP contribution in [0, 0.1) is 0 Å². The van der Waals surface area contributed by atoms with Gasteiger partial charge in [-0.1, -0.05) is 0 Å². The summed E-state index contributed by atoms with van der Waals surface area (Å²) < 4.78 is 14.8. The van der Waals surface area contributed by atoms with Crippen molar-refractivity contribution in [3.05, 3.63) is 0 Å². The van der Waals surface area contributed by atoms with Gasteiger partial charge < -0.3 is 29.5 Å². The summed E-state index contributed by atoms with van der Waals surface area (Å²) in [5, 5.41) is 26.4. The summed E-state index contributed by atoms with van der Waals surface area (Å²) in [5.74, 6) is -0.456. The second-order valence-electron chi connectivity index (χ2n) is 3.92. The number of Topliss-reactive ketones (excluding diaryl/α,β-unsaturated/α-hetero) is 1. The molecule has 0 aliphatic carbocycles. The van der Waals surface area contributed by atoms with E-state index in [1.807, 2.05) is 20.8 Å². The van der Waals surface area contributed by atoms with Gasteiger partial charge in [0.15, 0.2) is 12.1 Å². The molecule has 1 aliphatic heterocycles. The number of ether oxygens (including phenoxy) is 3. The third-order valence-electron chi connectivity index (χ3n) is 2.43. The maximum Gasteiger partial charge on any atom is 0.189 e. The van der Waals surface area contributed by atoms with Gasteiger partial charge in [0.05, 0.1) is 6.61 Å². The van der Waals surface area contributed by atoms with Gasteiger partial charge in [0.25, 0.3) is 0 Å². The van der Waals surface area contributed by atoms with Crippen molar-refractivity contribution in [3.63, 3.8) is 0 Å². The summed E-state index contributed by atoms with van der Waals surface area (Å²) >= 11 is 0. The molecular formula is C12H24O7. The Hall–Kier alpha value is -0.570. The molecule has 1 heterocycles. The lowest BCUT2D eigenvalue weighted by atomic mass is 10.1. The molecule has 19 heavy (non-hydrogen) atoms. The van der Waals surface area contributed by atoms with Crippen LogP contribution in [0.25, 0.3) is 0 Å². The standard InChI is InChI=1S/C6H10O5.C6H14O2/c7-1-3(8)6-5(10)4(9)2-11-6;1-4-7-6(3)8-5-2/h3,5-8,10H,1-2H2;6H,4-5H2,1-3H3/t3-,5-,6-;/m1./s1. The number of hydrogen-bond acceptors (Lipinski definition) is 7. The van der Waals surface area contributed by atoms with Gasteiger partial charge in [-0.3, -0.25) is 4.79 Å². The minimum atomic E-state index is -1.29. The Kier molecular flexibility index (Phi) is 9.94. The number of aliphatic hydroxyl groups is 3. The van der Waals surface area contributed by atoms with E-state index >= 15 is 0 Å². The molecule has 114 valence electrons. The van der Waals surface area contributed by atoms with Crippen LogP contribution in [0.4, 0.5) is 0 Å². The Labute approximate surface area is 113 Å². The molecule has 1 rings (SSSR count). The average molecular weight is 280 g/mol. The molecule has 7 heteroatoms. The van der Waals surface area contributed by atoms with Gasteiger partial charge in [-0.2, -0.15) is 0 Å². The molecule has 0 saturated carbocycles. The summed E-state index contributed by atoms with van der Waals surface area (Å²) in [6.45, 7) is 6.54. The minimum absolute atomic E-state index is 0.0370. The number of carbonyl (C=O) groups is 1. The highest BCUT2D eigenvalue weighted by Crippen LogP contribution is 2.13. The van der Waals surface area contributed by atoms with Crippen LogP contribution in [0.3, 0.4) is 0 Å². The zero-order valence-corrected chi connectivity index (χ0v) is 11.6. The molecule has 0 aromatic carbocycles. The molecule has 1 fully saturated rings. The Bertz CT molecular complexity index is 240. The fraction of sp³-hybridized carbons (Fsp3) is 0.917. The Morgan fingerprint density at radius 1 is 1.37 bits per heavy atom. The number of hydrogen-bond donors (Lipinski definition) is 3. The van der Waals surface area contributed by atoms with Crippen molar-refractivity contribution < 1.29 is 34.3 Å². The van der Waals surface area contributed by atoms with Gasteiger partial charge in [0.1, 0.15) is 24.9 Å². The third kappa shape index (κ3) is 6.95. The largest absolute Gasteiger partial charge is 0.394 e. The fourth-order valence-electron chi connectivity index (χ4n) is 1.48. The summed E-state index contributed by atoms with van der Waals surface area (Å²) in [6.07, 6.45) is -3.48. The van der Waals surface area contributed by atoms with Gasteiger partial charge >= 0.3 is 0 Å². The predicted octanol–water partition coefficient (Wildman–Crippen LogP) is -0.926. The van der Waals surface area contributed by atoms with E-state index in [9.17, 15) is 4.79 Å². The molecule has 3 N–H and O–H groups in total. The molecule has 0 unspecified atom stereocenters. The van der Waals surface area contributed by atoms with E-state index in [2.05, 4.69) is 0 Å². The maximum atomic E-state index is 10.6. The van der Waals surface area contributed by atoms with Crippen LogP contribution in [0.1, 0.15) is 20.8 Å². The monoisotopic (exact) mass is 280 g/mol. The molecule has 0 aromatic heterocycles. The molecule has 0 aromatic rings. The molecule has 7 nitrogen and oxygen atoms in total. The number of rotatable bonds is 6. The van der Waals surface area contributed by atoms with Gasteiger partial charge in [-0.15, -0.1) is 0 Å². The average Bonchev–Trinajstić information content (AvgIpc) is 2.71. The summed E-state index contributed by atoms with van der Waals surface area (Å²) in [7, 11) is 0. The van der Waals surface area contributed by atoms with E-state index in [1.54, 1.807) is 0 Å². The van der Waals surface area contributed by atoms with Crippen LogP contribution in [0.2, 0.25) is 0 Å². The van der Waals surface area contributed by atoms with Crippen LogP contribution >= 0.6 is 0 Å². The second-order valence-corrected chi connectivity index (χ2v) is 3.92. The quantitative estimate of drug-likeness (QED) is 0.540. The van der Waals surface area contributed by atoms with Crippen LogP contribution in [0.5, 0.6) is 0 Å². The number of ketones is 1. The highest BCUT2D eigenvalue weighted by Gasteiger charge is 2.38. The molecule has 0 amide bonds. The molecule has 1 aliphatic rings. The van der Waals surface area contributed by atoms with E-state index in [0.717, 1.165) is 13.2 Å². The summed E-state index contributed by atoms with van der Waals surface area (Å²) in [4.78, 5) is 10.6. The van der Waals surface area contributed by atoms with Crippen molar-refractivity contribution in [1.29, 1.82) is 0 Å². The normalized spacial score (nSPS) is 24.3. The fourth-order valence-corrected chi connectivity index (χ4v) is 1.48. The summed E-state index contributed by atoms with van der Waals surface area (Å²) in [5.41, 5.74) is 0. The predicted molar refractivity (Wildman–Crippen MR) is 66.6 cm³/mol. The minimum Gasteiger partial charge on any atom is -0.394 e. The van der Waals surface area contributed by atoms with Crippen LogP contribution < -0.4 is 0 Å². The van der Waals surface area contributed by atoms with Gasteiger partial charge in [-0.25, -0.2) is 0 Å². The van der Waals surface area contributed by atoms with Gasteiger partial charge in [0, 0.05) is 13.2 Å². The Morgan fingerprint density at radius 2 is 1.89 bits per heavy atom. The highest BCUT2D eigenvalue weighted by molar-refractivity contribution is 5.86. The molecule has 0 spiro atoms. The van der Waals surface area contributed by atoms with Crippen molar-refractivity contribution >= 4 is 5.78 Å². The van der Waals surface area contributed by atoms with E-state index in [4.69, 9.17) is 29.5 Å². The smallest absolute Gasteiger partial charge is 0.189 e. The van der Waals surface area contributed by atoms with Gasteiger partial charge in [-0.05, 0) is 20.8 Å². The second kappa shape index (κ2) is 10.2. The first-order valence-corrected chi connectivity index (χ1v) is 6.32. The van der Waals surface area contributed by atoms with Crippen molar-refractivity contribution in [2.45, 2.75) is 45.4 Å². The molecule has 3 atom stereocenters. The SMILES string of the molecule is CCOC(C)OCC.O=C1CO[C@H]([C@H](O)CO)[C@@H]1O. The topological polar surface area (TPSA) is 105 Å². The maximum absolute atomic E-state index is 10.6. The molecule has 1 saturated heterocycles. The van der Waals surface area contributed by atoms with E-state index < -0.39 is 30.7 Å². The van der Waals surface area contributed by atoms with E-state index in [1.165, 1.54) is 0 Å². The summed E-state index contributed by atoms with van der Waals surface area (Å²) in [6, 6.07) is 0. The Balaban J connectivity index is 0.000000362. The molecular weight excluding hydrogens is 256 g/mol. The van der Waals surface area contributed by atoms with Crippen LogP contribution in [-0.4, -0.2) is 72.1 Å². The lowest BCUT2D eigenvalue weighted by molar-refractivity contribution is -0.124. The van der Waals surface area contributed by atoms with E-state index in [-0.39, 0.29) is 12.9 Å². The van der Waals surface area contributed by atoms with Crippen molar-refractivity contribution in [2.75, 3.05) is 26.4 Å². The zero-order valence-electron chi connectivity index (χ0n) is 11.6. The lowest BCUT2D eigenvalue weighted by Crippen LogP contribution is -2.38. The van der Waals surface area contributed by atoms with Crippen molar-refractivity contribution in [3.8, 4) is 0 Å². The van der Waals surface area contributed by atoms with Crippen LogP contribution in [0.15, 0.2) is 0 Å². The number of carbonyl (C=O) groups excluding carboxylic acids is 1. The number of aliphatic hydroxyl groups excluding tert-OH is 3. The first-order chi connectivity index (χ1) is 8.97. The Morgan fingerprint density at radius 3 is 2.21 bits per heavy atom. The first kappa shape index (κ1) is 18.4. The first-order valence-electron chi connectivity index (χ1n) is 6.32. The van der Waals surface area contributed by atoms with Crippen molar-refractivity contribution in [2.24, 2.45) is 0 Å². The third-order valence-corrected chi connectivity index (χ3v) is 2.43. The van der Waals surface area contributed by atoms with Gasteiger partial charge in [0.2, 0.25) is 0 Å².